The molecule has 0 unspecified atom stereocenters. The van der Waals surface area contributed by atoms with Gasteiger partial charge >= 0.3 is 0 Å². The number of carbonyl (C=O) groups is 1. The minimum atomic E-state index is -0.254. The van der Waals surface area contributed by atoms with Gasteiger partial charge in [-0.3, -0.25) is 4.79 Å². The number of para-hydroxylation sites is 1. The van der Waals surface area contributed by atoms with Gasteiger partial charge < -0.3 is 19.4 Å². The standard InChI is InChI=1S/C28H30N2O3/c1-4-20-10-14-23(15-11-20)33-19-27(31)30(5-2)28(21-12-16-22(32-3)17-13-21)25-18-29-26-9-7-6-8-24(25)26/h6-18,28-29H,4-5,19H2,1-3H3/t28-/m1/s1. The number of benzene rings is 3. The molecular weight excluding hydrogens is 412 g/mol. The Kier molecular flexibility index (Phi) is 6.98. The van der Waals surface area contributed by atoms with Crippen LogP contribution in [-0.4, -0.2) is 36.1 Å². The Bertz CT molecular complexity index is 1200. The second-order valence-corrected chi connectivity index (χ2v) is 7.93. The summed E-state index contributed by atoms with van der Waals surface area (Å²) in [6.45, 7) is 4.64. The van der Waals surface area contributed by atoms with E-state index in [1.54, 1.807) is 7.11 Å². The molecule has 0 radical (unpaired) electrons. The Hall–Kier alpha value is -3.73. The summed E-state index contributed by atoms with van der Waals surface area (Å²) in [6, 6.07) is 23.7. The monoisotopic (exact) mass is 442 g/mol. The van der Waals surface area contributed by atoms with Gasteiger partial charge in [0, 0.05) is 29.2 Å². The molecule has 1 atom stereocenters. The van der Waals surface area contributed by atoms with Crippen LogP contribution in [0.4, 0.5) is 0 Å². The largest absolute Gasteiger partial charge is 0.497 e. The Morgan fingerprint density at radius 1 is 0.939 bits per heavy atom. The number of likely N-dealkylation sites (N-methyl/N-ethyl adjacent to an activating group) is 1. The van der Waals surface area contributed by atoms with Crippen LogP contribution in [0, 0.1) is 0 Å². The fraction of sp³-hybridized carbons (Fsp3) is 0.250. The number of hydrogen-bond acceptors (Lipinski definition) is 3. The van der Waals surface area contributed by atoms with Crippen molar-refractivity contribution in [2.24, 2.45) is 0 Å². The molecule has 4 aromatic rings. The van der Waals surface area contributed by atoms with Crippen molar-refractivity contribution >= 4 is 16.8 Å². The van der Waals surface area contributed by atoms with E-state index in [4.69, 9.17) is 9.47 Å². The lowest BCUT2D eigenvalue weighted by Crippen LogP contribution is -2.38. The van der Waals surface area contributed by atoms with E-state index >= 15 is 0 Å². The van der Waals surface area contributed by atoms with Crippen molar-refractivity contribution in [2.45, 2.75) is 26.3 Å². The lowest BCUT2D eigenvalue weighted by atomic mass is 9.96. The Labute approximate surface area is 195 Å². The normalized spacial score (nSPS) is 11.8. The highest BCUT2D eigenvalue weighted by molar-refractivity contribution is 5.86. The summed E-state index contributed by atoms with van der Waals surface area (Å²) in [7, 11) is 1.65. The van der Waals surface area contributed by atoms with Crippen LogP contribution in [0.3, 0.4) is 0 Å². The van der Waals surface area contributed by atoms with Gasteiger partial charge in [-0.1, -0.05) is 49.4 Å². The van der Waals surface area contributed by atoms with Crippen molar-refractivity contribution in [2.75, 3.05) is 20.3 Å². The van der Waals surface area contributed by atoms with Crippen molar-refractivity contribution in [3.63, 3.8) is 0 Å². The number of methoxy groups -OCH3 is 1. The van der Waals surface area contributed by atoms with Gasteiger partial charge in [0.1, 0.15) is 11.5 Å². The first-order chi connectivity index (χ1) is 16.1. The van der Waals surface area contributed by atoms with Crippen LogP contribution in [0.15, 0.2) is 79.0 Å². The lowest BCUT2D eigenvalue weighted by Gasteiger charge is -2.31. The highest BCUT2D eigenvalue weighted by Crippen LogP contribution is 2.34. The summed E-state index contributed by atoms with van der Waals surface area (Å²) in [6.07, 6.45) is 2.97. The van der Waals surface area contributed by atoms with Gasteiger partial charge in [-0.25, -0.2) is 0 Å². The second kappa shape index (κ2) is 10.3. The molecule has 0 saturated carbocycles. The molecule has 0 spiro atoms. The van der Waals surface area contributed by atoms with E-state index in [2.05, 4.69) is 18.0 Å². The number of nitrogens with one attached hydrogen (secondary N) is 1. The van der Waals surface area contributed by atoms with E-state index < -0.39 is 0 Å². The fourth-order valence-corrected chi connectivity index (χ4v) is 4.19. The van der Waals surface area contributed by atoms with E-state index in [1.807, 2.05) is 84.8 Å². The van der Waals surface area contributed by atoms with Crippen molar-refractivity contribution in [3.8, 4) is 11.5 Å². The van der Waals surface area contributed by atoms with Gasteiger partial charge in [0.25, 0.3) is 5.91 Å². The molecule has 3 aromatic carbocycles. The molecule has 0 aliphatic carbocycles. The maximum Gasteiger partial charge on any atom is 0.261 e. The number of ether oxygens (including phenoxy) is 2. The van der Waals surface area contributed by atoms with E-state index in [9.17, 15) is 4.79 Å². The number of aromatic nitrogens is 1. The number of aromatic amines is 1. The summed E-state index contributed by atoms with van der Waals surface area (Å²) in [5.74, 6) is 1.41. The minimum absolute atomic E-state index is 0.0195. The minimum Gasteiger partial charge on any atom is -0.497 e. The zero-order chi connectivity index (χ0) is 23.2. The van der Waals surface area contributed by atoms with Gasteiger partial charge in [0.2, 0.25) is 0 Å². The molecule has 5 nitrogen and oxygen atoms in total. The average Bonchev–Trinajstić information content (AvgIpc) is 3.30. The number of carbonyl (C=O) groups excluding carboxylic acids is 1. The van der Waals surface area contributed by atoms with Crippen LogP contribution in [0.1, 0.15) is 36.6 Å². The number of amides is 1. The van der Waals surface area contributed by atoms with Crippen molar-refractivity contribution < 1.29 is 14.3 Å². The highest BCUT2D eigenvalue weighted by atomic mass is 16.5. The molecule has 4 rings (SSSR count). The van der Waals surface area contributed by atoms with Gasteiger partial charge in [-0.2, -0.15) is 0 Å². The summed E-state index contributed by atoms with van der Waals surface area (Å²) >= 11 is 0. The average molecular weight is 443 g/mol. The molecule has 1 heterocycles. The number of nitrogens with zero attached hydrogens (tertiary/aromatic N) is 1. The molecule has 0 fully saturated rings. The van der Waals surface area contributed by atoms with E-state index in [0.717, 1.165) is 34.2 Å². The molecule has 33 heavy (non-hydrogen) atoms. The van der Waals surface area contributed by atoms with Crippen LogP contribution < -0.4 is 9.47 Å². The third-order valence-electron chi connectivity index (χ3n) is 6.01. The predicted octanol–water partition coefficient (Wildman–Crippen LogP) is 5.76. The van der Waals surface area contributed by atoms with Crippen molar-refractivity contribution in [3.05, 3.63) is 95.7 Å². The Morgan fingerprint density at radius 3 is 2.30 bits per heavy atom. The van der Waals surface area contributed by atoms with Gasteiger partial charge in [0.05, 0.1) is 13.2 Å². The van der Waals surface area contributed by atoms with Crippen LogP contribution in [-0.2, 0) is 11.2 Å². The molecule has 0 bridgehead atoms. The number of fused-ring (bicyclic) bond motifs is 1. The molecule has 1 N–H and O–H groups in total. The highest BCUT2D eigenvalue weighted by Gasteiger charge is 2.28. The first-order valence-electron chi connectivity index (χ1n) is 11.4. The van der Waals surface area contributed by atoms with E-state index in [0.29, 0.717) is 12.3 Å². The molecule has 0 saturated heterocycles. The van der Waals surface area contributed by atoms with Crippen LogP contribution in [0.2, 0.25) is 0 Å². The summed E-state index contributed by atoms with van der Waals surface area (Å²) in [4.78, 5) is 18.6. The maximum absolute atomic E-state index is 13.4. The second-order valence-electron chi connectivity index (χ2n) is 7.93. The smallest absolute Gasteiger partial charge is 0.261 e. The van der Waals surface area contributed by atoms with Gasteiger partial charge in [-0.05, 0) is 54.8 Å². The molecule has 170 valence electrons. The number of aryl methyl sites for hydroxylation is 1. The molecule has 5 heteroatoms. The molecule has 0 aliphatic rings. The van der Waals surface area contributed by atoms with E-state index in [-0.39, 0.29) is 18.6 Å². The lowest BCUT2D eigenvalue weighted by molar-refractivity contribution is -0.134. The third kappa shape index (κ3) is 4.87. The molecular formula is C28H30N2O3. The summed E-state index contributed by atoms with van der Waals surface area (Å²) in [5.41, 5.74) is 4.35. The van der Waals surface area contributed by atoms with Crippen LogP contribution in [0.25, 0.3) is 10.9 Å². The number of rotatable bonds is 9. The first-order valence-corrected chi connectivity index (χ1v) is 11.4. The van der Waals surface area contributed by atoms with Crippen LogP contribution >= 0.6 is 0 Å². The van der Waals surface area contributed by atoms with Crippen molar-refractivity contribution in [1.82, 2.24) is 9.88 Å². The zero-order valence-corrected chi connectivity index (χ0v) is 19.4. The van der Waals surface area contributed by atoms with Crippen LogP contribution in [0.5, 0.6) is 11.5 Å². The first kappa shape index (κ1) is 22.5. The maximum atomic E-state index is 13.4. The molecule has 1 aromatic heterocycles. The van der Waals surface area contributed by atoms with Crippen molar-refractivity contribution in [1.29, 1.82) is 0 Å². The topological polar surface area (TPSA) is 54.6 Å². The fourth-order valence-electron chi connectivity index (χ4n) is 4.19. The van der Waals surface area contributed by atoms with Gasteiger partial charge in [0.15, 0.2) is 6.61 Å². The SMILES string of the molecule is CCc1ccc(OCC(=O)N(CC)[C@H](c2ccc(OC)cc2)c2c[nH]c3ccccc23)cc1. The van der Waals surface area contributed by atoms with E-state index in [1.165, 1.54) is 5.56 Å². The predicted molar refractivity (Wildman–Crippen MR) is 132 cm³/mol. The number of hydrogen-bond donors (Lipinski definition) is 1. The quantitative estimate of drug-likeness (QED) is 0.359. The summed E-state index contributed by atoms with van der Waals surface area (Å²) < 4.78 is 11.2. The zero-order valence-electron chi connectivity index (χ0n) is 19.4. The van der Waals surface area contributed by atoms with Gasteiger partial charge in [-0.15, -0.1) is 0 Å². The molecule has 0 aliphatic heterocycles. The number of H-pyrrole nitrogens is 1. The third-order valence-corrected chi connectivity index (χ3v) is 6.01. The molecule has 1 amide bonds. The Morgan fingerprint density at radius 2 is 1.64 bits per heavy atom. The summed E-state index contributed by atoms with van der Waals surface area (Å²) in [5, 5.41) is 1.10. The Balaban J connectivity index is 1.65.